The zero-order valence-corrected chi connectivity index (χ0v) is 8.94. The maximum Gasteiger partial charge on any atom is 0.312 e. The van der Waals surface area contributed by atoms with Crippen LogP contribution in [0.4, 0.5) is 0 Å². The molecule has 0 bridgehead atoms. The first-order valence-corrected chi connectivity index (χ1v) is 5.40. The number of rotatable bonds is 3. The second-order valence-electron chi connectivity index (χ2n) is 4.16. The molecular weight excluding hydrogens is 216 g/mol. The summed E-state index contributed by atoms with van der Waals surface area (Å²) in [5, 5.41) is 28.2. The molecule has 0 spiro atoms. The van der Waals surface area contributed by atoms with Crippen molar-refractivity contribution in [3.63, 3.8) is 0 Å². The van der Waals surface area contributed by atoms with Gasteiger partial charge in [0.15, 0.2) is 0 Å². The lowest BCUT2D eigenvalue weighted by molar-refractivity contribution is -0.153. The van der Waals surface area contributed by atoms with Gasteiger partial charge < -0.3 is 24.8 Å². The smallest absolute Gasteiger partial charge is 0.312 e. The van der Waals surface area contributed by atoms with Crippen molar-refractivity contribution in [3.05, 3.63) is 0 Å². The van der Waals surface area contributed by atoms with Gasteiger partial charge >= 0.3 is 5.97 Å². The molecule has 1 saturated heterocycles. The van der Waals surface area contributed by atoms with Crippen molar-refractivity contribution in [1.82, 2.24) is 0 Å². The summed E-state index contributed by atoms with van der Waals surface area (Å²) in [5.74, 6) is -1.33. The van der Waals surface area contributed by atoms with E-state index in [2.05, 4.69) is 0 Å². The van der Waals surface area contributed by atoms with Crippen molar-refractivity contribution in [2.45, 2.75) is 31.3 Å². The zero-order valence-electron chi connectivity index (χ0n) is 8.94. The average molecular weight is 232 g/mol. The zero-order chi connectivity index (χ0) is 11.9. The standard InChI is InChI=1S/C10H16O6/c1-2-15-10(14)6-5-8(13)7(12)4(3-11)16-9(5)6/h4-9,11-13H,2-3H2,1H3/t4-,5-,6+,7+,8-,9+/m1/s1. The highest BCUT2D eigenvalue weighted by Crippen LogP contribution is 2.50. The molecule has 0 unspecified atom stereocenters. The lowest BCUT2D eigenvalue weighted by atomic mass is 10.0. The van der Waals surface area contributed by atoms with Crippen LogP contribution in [-0.2, 0) is 14.3 Å². The predicted molar refractivity (Wildman–Crippen MR) is 51.4 cm³/mol. The van der Waals surface area contributed by atoms with Crippen LogP contribution in [0, 0.1) is 11.8 Å². The number of esters is 1. The van der Waals surface area contributed by atoms with E-state index < -0.39 is 42.2 Å². The van der Waals surface area contributed by atoms with E-state index in [-0.39, 0.29) is 13.2 Å². The number of hydrogen-bond donors (Lipinski definition) is 3. The fourth-order valence-electron chi connectivity index (χ4n) is 2.30. The number of hydrogen-bond acceptors (Lipinski definition) is 6. The third-order valence-electron chi connectivity index (χ3n) is 3.20. The first kappa shape index (κ1) is 11.8. The second kappa shape index (κ2) is 4.29. The molecule has 1 aliphatic heterocycles. The molecular formula is C10H16O6. The average Bonchev–Trinajstić information content (AvgIpc) is 2.98. The van der Waals surface area contributed by atoms with Crippen LogP contribution in [0.5, 0.6) is 0 Å². The third kappa shape index (κ3) is 1.71. The number of carbonyl (C=O) groups excluding carboxylic acids is 1. The van der Waals surface area contributed by atoms with E-state index in [1.54, 1.807) is 6.92 Å². The van der Waals surface area contributed by atoms with Crippen LogP contribution < -0.4 is 0 Å². The minimum absolute atomic E-state index is 0.275. The van der Waals surface area contributed by atoms with E-state index in [0.29, 0.717) is 0 Å². The molecule has 92 valence electrons. The lowest BCUT2D eigenvalue weighted by Crippen LogP contribution is -2.47. The predicted octanol–water partition coefficient (Wildman–Crippen LogP) is -1.72. The first-order valence-electron chi connectivity index (χ1n) is 5.40. The van der Waals surface area contributed by atoms with Gasteiger partial charge in [-0.3, -0.25) is 4.79 Å². The van der Waals surface area contributed by atoms with Gasteiger partial charge in [0, 0.05) is 5.92 Å². The third-order valence-corrected chi connectivity index (χ3v) is 3.20. The Kier molecular flexibility index (Phi) is 3.16. The molecule has 16 heavy (non-hydrogen) atoms. The van der Waals surface area contributed by atoms with Crippen molar-refractivity contribution in [1.29, 1.82) is 0 Å². The van der Waals surface area contributed by atoms with Gasteiger partial charge in [-0.05, 0) is 6.92 Å². The Bertz CT molecular complexity index is 280. The van der Waals surface area contributed by atoms with E-state index in [4.69, 9.17) is 14.6 Å². The largest absolute Gasteiger partial charge is 0.466 e. The molecule has 0 aromatic carbocycles. The Balaban J connectivity index is 2.02. The van der Waals surface area contributed by atoms with Crippen LogP contribution in [0.25, 0.3) is 0 Å². The number of carbonyl (C=O) groups is 1. The van der Waals surface area contributed by atoms with Crippen LogP contribution in [0.15, 0.2) is 0 Å². The molecule has 0 amide bonds. The summed E-state index contributed by atoms with van der Waals surface area (Å²) in [5.41, 5.74) is 0. The highest BCUT2D eigenvalue weighted by Gasteiger charge is 2.65. The minimum atomic E-state index is -1.15. The molecule has 6 atom stereocenters. The summed E-state index contributed by atoms with van der Waals surface area (Å²) in [6.07, 6.45) is -3.44. The lowest BCUT2D eigenvalue weighted by Gasteiger charge is -2.29. The maximum atomic E-state index is 11.5. The van der Waals surface area contributed by atoms with Gasteiger partial charge in [0.2, 0.25) is 0 Å². The summed E-state index contributed by atoms with van der Waals surface area (Å²) in [4.78, 5) is 11.5. The molecule has 2 rings (SSSR count). The van der Waals surface area contributed by atoms with Gasteiger partial charge in [0.05, 0.1) is 31.3 Å². The van der Waals surface area contributed by atoms with Crippen molar-refractivity contribution >= 4 is 5.97 Å². The quantitative estimate of drug-likeness (QED) is 0.501. The molecule has 1 saturated carbocycles. The van der Waals surface area contributed by atoms with Gasteiger partial charge in [-0.2, -0.15) is 0 Å². The van der Waals surface area contributed by atoms with Crippen LogP contribution in [-0.4, -0.2) is 58.9 Å². The number of ether oxygens (including phenoxy) is 2. The Labute approximate surface area is 92.8 Å². The van der Waals surface area contributed by atoms with Gasteiger partial charge in [-0.25, -0.2) is 0 Å². The molecule has 6 nitrogen and oxygen atoms in total. The van der Waals surface area contributed by atoms with Gasteiger partial charge in [0.25, 0.3) is 0 Å². The van der Waals surface area contributed by atoms with E-state index in [1.807, 2.05) is 0 Å². The van der Waals surface area contributed by atoms with E-state index in [1.165, 1.54) is 0 Å². The second-order valence-corrected chi connectivity index (χ2v) is 4.16. The Morgan fingerprint density at radius 2 is 2.06 bits per heavy atom. The first-order chi connectivity index (χ1) is 7.61. The molecule has 0 aromatic heterocycles. The van der Waals surface area contributed by atoms with Crippen molar-refractivity contribution in [3.8, 4) is 0 Å². The SMILES string of the molecule is CCOC(=O)[C@@H]1[C@H]2O[C@H](CO)[C@H](O)[C@H](O)[C@H]21. The molecule has 0 aromatic rings. The molecule has 0 radical (unpaired) electrons. The van der Waals surface area contributed by atoms with Crippen molar-refractivity contribution in [2.75, 3.05) is 13.2 Å². The van der Waals surface area contributed by atoms with E-state index >= 15 is 0 Å². The number of aliphatic hydroxyl groups excluding tert-OH is 3. The molecule has 1 heterocycles. The molecule has 2 fully saturated rings. The summed E-state index contributed by atoms with van der Waals surface area (Å²) in [6.45, 7) is 1.60. The summed E-state index contributed by atoms with van der Waals surface area (Å²) >= 11 is 0. The van der Waals surface area contributed by atoms with E-state index in [0.717, 1.165) is 0 Å². The highest BCUT2D eigenvalue weighted by molar-refractivity contribution is 5.77. The van der Waals surface area contributed by atoms with Gasteiger partial charge in [-0.15, -0.1) is 0 Å². The summed E-state index contributed by atoms with van der Waals surface area (Å²) < 4.78 is 10.1. The topological polar surface area (TPSA) is 96.2 Å². The number of fused-ring (bicyclic) bond motifs is 1. The van der Waals surface area contributed by atoms with E-state index in [9.17, 15) is 15.0 Å². The molecule has 6 heteroatoms. The van der Waals surface area contributed by atoms with Crippen molar-refractivity contribution < 1.29 is 29.6 Å². The van der Waals surface area contributed by atoms with Crippen LogP contribution in [0.2, 0.25) is 0 Å². The van der Waals surface area contributed by atoms with Gasteiger partial charge in [0.1, 0.15) is 12.2 Å². The molecule has 2 aliphatic rings. The monoisotopic (exact) mass is 232 g/mol. The fourth-order valence-corrected chi connectivity index (χ4v) is 2.30. The summed E-state index contributed by atoms with van der Waals surface area (Å²) in [7, 11) is 0. The highest BCUT2D eigenvalue weighted by atomic mass is 16.6. The maximum absolute atomic E-state index is 11.5. The molecule has 1 aliphatic carbocycles. The van der Waals surface area contributed by atoms with Gasteiger partial charge in [-0.1, -0.05) is 0 Å². The summed E-state index contributed by atoms with van der Waals surface area (Å²) in [6, 6.07) is 0. The van der Waals surface area contributed by atoms with Crippen LogP contribution >= 0.6 is 0 Å². The Morgan fingerprint density at radius 1 is 1.38 bits per heavy atom. The Hall–Kier alpha value is -0.690. The molecule has 3 N–H and O–H groups in total. The Morgan fingerprint density at radius 3 is 2.62 bits per heavy atom. The van der Waals surface area contributed by atoms with Crippen LogP contribution in [0.3, 0.4) is 0 Å². The minimum Gasteiger partial charge on any atom is -0.466 e. The number of aliphatic hydroxyl groups is 3. The fraction of sp³-hybridized carbons (Fsp3) is 0.900. The van der Waals surface area contributed by atoms with Crippen molar-refractivity contribution in [2.24, 2.45) is 11.8 Å². The normalized spacial score (nSPS) is 46.0. The van der Waals surface area contributed by atoms with Crippen LogP contribution in [0.1, 0.15) is 6.92 Å².